The molecule has 1 aliphatic rings. The Morgan fingerprint density at radius 3 is 2.26 bits per heavy atom. The highest BCUT2D eigenvalue weighted by atomic mass is 35.5. The number of amides is 2. The van der Waals surface area contributed by atoms with Gasteiger partial charge in [0, 0.05) is 12.5 Å². The summed E-state index contributed by atoms with van der Waals surface area (Å²) < 4.78 is 27.3. The average Bonchev–Trinajstić information content (AvgIpc) is 2.78. The van der Waals surface area contributed by atoms with Gasteiger partial charge in [-0.05, 0) is 55.9 Å². The number of sulfonamides is 1. The van der Waals surface area contributed by atoms with E-state index in [1.165, 1.54) is 0 Å². The van der Waals surface area contributed by atoms with Gasteiger partial charge in [-0.15, -0.1) is 0 Å². The number of halogens is 1. The molecule has 0 spiro atoms. The quantitative estimate of drug-likeness (QED) is 0.559. The van der Waals surface area contributed by atoms with E-state index in [9.17, 15) is 18.0 Å². The van der Waals surface area contributed by atoms with Gasteiger partial charge < -0.3 is 10.6 Å². The SMILES string of the molecule is O=C(CNC(=O)C1CCC(CNS(=O)(=O)c2ccccc2)CC1)Nc1ccccc1Cl. The number of anilines is 1. The molecule has 0 aliphatic heterocycles. The Bertz CT molecular complexity index is 1010. The number of rotatable bonds is 8. The molecule has 2 aromatic rings. The highest BCUT2D eigenvalue weighted by Crippen LogP contribution is 2.29. The molecule has 1 fully saturated rings. The lowest BCUT2D eigenvalue weighted by Crippen LogP contribution is -2.39. The van der Waals surface area contributed by atoms with E-state index in [4.69, 9.17) is 11.6 Å². The molecule has 2 amide bonds. The molecular formula is C22H26ClN3O4S. The van der Waals surface area contributed by atoms with Gasteiger partial charge in [0.1, 0.15) is 0 Å². The lowest BCUT2D eigenvalue weighted by atomic mass is 9.81. The number of benzene rings is 2. The smallest absolute Gasteiger partial charge is 0.243 e. The molecule has 0 heterocycles. The van der Waals surface area contributed by atoms with Crippen molar-refractivity contribution in [1.29, 1.82) is 0 Å². The molecular weight excluding hydrogens is 438 g/mol. The number of para-hydroxylation sites is 1. The number of hydrogen-bond acceptors (Lipinski definition) is 4. The summed E-state index contributed by atoms with van der Waals surface area (Å²) >= 11 is 6.01. The van der Waals surface area contributed by atoms with Gasteiger partial charge >= 0.3 is 0 Å². The number of carbonyl (C=O) groups excluding carboxylic acids is 2. The van der Waals surface area contributed by atoms with Crippen LogP contribution in [-0.2, 0) is 19.6 Å². The molecule has 7 nitrogen and oxygen atoms in total. The molecule has 166 valence electrons. The molecule has 1 aliphatic carbocycles. The molecule has 0 aromatic heterocycles. The predicted octanol–water partition coefficient (Wildman–Crippen LogP) is 3.18. The predicted molar refractivity (Wildman–Crippen MR) is 120 cm³/mol. The molecule has 3 N–H and O–H groups in total. The lowest BCUT2D eigenvalue weighted by Gasteiger charge is -2.27. The van der Waals surface area contributed by atoms with Gasteiger partial charge in [0.05, 0.1) is 22.2 Å². The van der Waals surface area contributed by atoms with Gasteiger partial charge in [-0.3, -0.25) is 9.59 Å². The summed E-state index contributed by atoms with van der Waals surface area (Å²) in [6.45, 7) is 0.229. The third kappa shape index (κ3) is 6.78. The van der Waals surface area contributed by atoms with E-state index in [1.807, 2.05) is 0 Å². The molecule has 1 saturated carbocycles. The Labute approximate surface area is 187 Å². The van der Waals surface area contributed by atoms with Gasteiger partial charge in [0.2, 0.25) is 21.8 Å². The van der Waals surface area contributed by atoms with Crippen LogP contribution in [0.3, 0.4) is 0 Å². The first-order chi connectivity index (χ1) is 14.8. The summed E-state index contributed by atoms with van der Waals surface area (Å²) in [7, 11) is -3.52. The Morgan fingerprint density at radius 1 is 0.935 bits per heavy atom. The van der Waals surface area contributed by atoms with Crippen molar-refractivity contribution in [3.63, 3.8) is 0 Å². The van der Waals surface area contributed by atoms with Crippen molar-refractivity contribution in [2.45, 2.75) is 30.6 Å². The van der Waals surface area contributed by atoms with Gasteiger partial charge in [-0.1, -0.05) is 41.9 Å². The van der Waals surface area contributed by atoms with Gasteiger partial charge in [0.15, 0.2) is 0 Å². The third-order valence-electron chi connectivity index (χ3n) is 5.40. The van der Waals surface area contributed by atoms with E-state index >= 15 is 0 Å². The molecule has 0 unspecified atom stereocenters. The molecule has 0 atom stereocenters. The summed E-state index contributed by atoms with van der Waals surface area (Å²) in [5.74, 6) is -0.482. The maximum Gasteiger partial charge on any atom is 0.243 e. The second-order valence-electron chi connectivity index (χ2n) is 7.63. The zero-order chi connectivity index (χ0) is 22.3. The van der Waals surface area contributed by atoms with Crippen LogP contribution in [0, 0.1) is 11.8 Å². The van der Waals surface area contributed by atoms with Crippen molar-refractivity contribution in [3.05, 3.63) is 59.6 Å². The molecule has 2 aromatic carbocycles. The minimum absolute atomic E-state index is 0.124. The van der Waals surface area contributed by atoms with Crippen molar-refractivity contribution in [3.8, 4) is 0 Å². The highest BCUT2D eigenvalue weighted by Gasteiger charge is 2.27. The normalized spacial score (nSPS) is 18.9. The number of carbonyl (C=O) groups is 2. The van der Waals surface area contributed by atoms with E-state index in [2.05, 4.69) is 15.4 Å². The molecule has 0 radical (unpaired) electrons. The fourth-order valence-electron chi connectivity index (χ4n) is 3.61. The molecule has 9 heteroatoms. The topological polar surface area (TPSA) is 104 Å². The van der Waals surface area contributed by atoms with Gasteiger partial charge in [0.25, 0.3) is 0 Å². The van der Waals surface area contributed by atoms with Crippen molar-refractivity contribution >= 4 is 39.1 Å². The Balaban J connectivity index is 1.38. The fraction of sp³-hybridized carbons (Fsp3) is 0.364. The van der Waals surface area contributed by atoms with Crippen LogP contribution in [0.25, 0.3) is 0 Å². The Hall–Kier alpha value is -2.42. The third-order valence-corrected chi connectivity index (χ3v) is 7.17. The summed E-state index contributed by atoms with van der Waals surface area (Å²) in [6.07, 6.45) is 2.83. The fourth-order valence-corrected chi connectivity index (χ4v) is 4.93. The Morgan fingerprint density at radius 2 is 1.58 bits per heavy atom. The van der Waals surface area contributed by atoms with Crippen molar-refractivity contribution in [2.24, 2.45) is 11.8 Å². The monoisotopic (exact) mass is 463 g/mol. The number of nitrogens with one attached hydrogen (secondary N) is 3. The lowest BCUT2D eigenvalue weighted by molar-refractivity contribution is -0.128. The zero-order valence-corrected chi connectivity index (χ0v) is 18.6. The minimum Gasteiger partial charge on any atom is -0.347 e. The minimum atomic E-state index is -3.52. The summed E-state index contributed by atoms with van der Waals surface area (Å²) in [6, 6.07) is 15.2. The molecule has 0 saturated heterocycles. The highest BCUT2D eigenvalue weighted by molar-refractivity contribution is 7.89. The van der Waals surface area contributed by atoms with Crippen molar-refractivity contribution in [1.82, 2.24) is 10.0 Å². The first kappa shape index (κ1) is 23.2. The van der Waals surface area contributed by atoms with Crippen LogP contribution in [0.4, 0.5) is 5.69 Å². The molecule has 3 rings (SSSR count). The summed E-state index contributed by atoms with van der Waals surface area (Å²) in [4.78, 5) is 24.7. The molecule has 31 heavy (non-hydrogen) atoms. The first-order valence-electron chi connectivity index (χ1n) is 10.2. The largest absolute Gasteiger partial charge is 0.347 e. The van der Waals surface area contributed by atoms with Crippen LogP contribution < -0.4 is 15.4 Å². The van der Waals surface area contributed by atoms with Crippen LogP contribution in [0.1, 0.15) is 25.7 Å². The van der Waals surface area contributed by atoms with E-state index in [0.29, 0.717) is 30.1 Å². The van der Waals surface area contributed by atoms with Crippen LogP contribution in [0.15, 0.2) is 59.5 Å². The Kier molecular flexibility index (Phi) is 8.06. The summed E-state index contributed by atoms with van der Waals surface area (Å²) in [5, 5.41) is 5.78. The maximum atomic E-state index is 12.4. The zero-order valence-electron chi connectivity index (χ0n) is 17.0. The van der Waals surface area contributed by atoms with E-state index in [-0.39, 0.29) is 35.1 Å². The van der Waals surface area contributed by atoms with Gasteiger partial charge in [-0.25, -0.2) is 13.1 Å². The van der Waals surface area contributed by atoms with E-state index in [1.54, 1.807) is 54.6 Å². The van der Waals surface area contributed by atoms with Crippen molar-refractivity contribution in [2.75, 3.05) is 18.4 Å². The average molecular weight is 464 g/mol. The first-order valence-corrected chi connectivity index (χ1v) is 12.1. The van der Waals surface area contributed by atoms with E-state index in [0.717, 1.165) is 12.8 Å². The second kappa shape index (κ2) is 10.7. The van der Waals surface area contributed by atoms with Crippen molar-refractivity contribution < 1.29 is 18.0 Å². The van der Waals surface area contributed by atoms with Gasteiger partial charge in [-0.2, -0.15) is 0 Å². The second-order valence-corrected chi connectivity index (χ2v) is 9.80. The standard InChI is InChI=1S/C22H26ClN3O4S/c23-19-8-4-5-9-20(19)26-21(27)15-24-22(28)17-12-10-16(11-13-17)14-25-31(29,30)18-6-2-1-3-7-18/h1-9,16-17,25H,10-15H2,(H,24,28)(H,26,27). The van der Waals surface area contributed by atoms with Crippen LogP contribution in [0.2, 0.25) is 5.02 Å². The maximum absolute atomic E-state index is 12.4. The van der Waals surface area contributed by atoms with Crippen LogP contribution in [-0.4, -0.2) is 33.3 Å². The summed E-state index contributed by atoms with van der Waals surface area (Å²) in [5.41, 5.74) is 0.502. The molecule has 0 bridgehead atoms. The van der Waals surface area contributed by atoms with Crippen LogP contribution in [0.5, 0.6) is 0 Å². The van der Waals surface area contributed by atoms with E-state index < -0.39 is 10.0 Å². The number of hydrogen-bond donors (Lipinski definition) is 3. The van der Waals surface area contributed by atoms with Crippen LogP contribution >= 0.6 is 11.6 Å².